The van der Waals surface area contributed by atoms with E-state index in [0.717, 1.165) is 16.9 Å². The van der Waals surface area contributed by atoms with Gasteiger partial charge in [-0.25, -0.2) is 0 Å². The zero-order chi connectivity index (χ0) is 20.6. The van der Waals surface area contributed by atoms with Crippen molar-refractivity contribution in [2.45, 2.75) is 32.7 Å². The van der Waals surface area contributed by atoms with Crippen LogP contribution in [0.25, 0.3) is 11.4 Å². The van der Waals surface area contributed by atoms with Crippen LogP contribution < -0.4 is 15.6 Å². The minimum Gasteiger partial charge on any atom is -0.494 e. The molecular weight excluding hydrogens is 368 g/mol. The van der Waals surface area contributed by atoms with E-state index in [2.05, 4.69) is 20.5 Å². The highest BCUT2D eigenvalue weighted by molar-refractivity contribution is 5.76. The van der Waals surface area contributed by atoms with Crippen molar-refractivity contribution in [3.8, 4) is 17.1 Å². The first-order valence-corrected chi connectivity index (χ1v) is 9.60. The smallest absolute Gasteiger partial charge is 0.273 e. The van der Waals surface area contributed by atoms with E-state index < -0.39 is 0 Å². The van der Waals surface area contributed by atoms with Crippen LogP contribution in [0.3, 0.4) is 0 Å². The Kier molecular flexibility index (Phi) is 6.73. The van der Waals surface area contributed by atoms with E-state index in [9.17, 15) is 9.59 Å². The molecule has 3 rings (SSSR count). The Morgan fingerprint density at radius 2 is 1.83 bits per heavy atom. The van der Waals surface area contributed by atoms with Crippen molar-refractivity contribution in [3.05, 3.63) is 76.2 Å². The van der Waals surface area contributed by atoms with Crippen LogP contribution in [0.2, 0.25) is 0 Å². The summed E-state index contributed by atoms with van der Waals surface area (Å²) in [7, 11) is 0. The van der Waals surface area contributed by atoms with Gasteiger partial charge in [-0.3, -0.25) is 9.59 Å². The predicted octanol–water partition coefficient (Wildman–Crippen LogP) is 3.04. The number of aryl methyl sites for hydroxylation is 1. The lowest BCUT2D eigenvalue weighted by Crippen LogP contribution is -2.28. The topological polar surface area (TPSA) is 97.0 Å². The maximum absolute atomic E-state index is 12.3. The van der Waals surface area contributed by atoms with E-state index >= 15 is 0 Å². The second kappa shape index (κ2) is 9.64. The molecule has 3 aromatic rings. The van der Waals surface area contributed by atoms with Crippen molar-refractivity contribution in [1.29, 1.82) is 0 Å². The molecule has 7 heteroatoms. The molecule has 0 bridgehead atoms. The Morgan fingerprint density at radius 1 is 1.10 bits per heavy atom. The first kappa shape index (κ1) is 20.3. The molecule has 1 heterocycles. The largest absolute Gasteiger partial charge is 0.494 e. The second-order valence-electron chi connectivity index (χ2n) is 6.61. The number of ether oxygens (including phenoxy) is 1. The molecule has 0 spiro atoms. The summed E-state index contributed by atoms with van der Waals surface area (Å²) in [4.78, 5) is 27.3. The van der Waals surface area contributed by atoms with Gasteiger partial charge in [-0.15, -0.1) is 10.2 Å². The van der Waals surface area contributed by atoms with Crippen LogP contribution in [-0.4, -0.2) is 27.7 Å². The van der Waals surface area contributed by atoms with Crippen molar-refractivity contribution in [1.82, 2.24) is 20.5 Å². The number of carbonyl (C=O) groups excluding carboxylic acids is 1. The molecule has 150 valence electrons. The van der Waals surface area contributed by atoms with Crippen LogP contribution in [0, 0.1) is 0 Å². The fourth-order valence-electron chi connectivity index (χ4n) is 2.90. The highest BCUT2D eigenvalue weighted by Crippen LogP contribution is 2.18. The van der Waals surface area contributed by atoms with Gasteiger partial charge in [0.1, 0.15) is 11.4 Å². The lowest BCUT2D eigenvalue weighted by Gasteiger charge is -2.14. The molecule has 0 aliphatic rings. The third-order valence-corrected chi connectivity index (χ3v) is 4.47. The maximum Gasteiger partial charge on any atom is 0.273 e. The van der Waals surface area contributed by atoms with Crippen LogP contribution in [0.4, 0.5) is 0 Å². The van der Waals surface area contributed by atoms with Crippen LogP contribution in [0.15, 0.2) is 59.4 Å². The molecule has 29 heavy (non-hydrogen) atoms. The normalized spacial score (nSPS) is 11.7. The molecule has 0 aliphatic heterocycles. The number of amides is 1. The molecule has 0 radical (unpaired) electrons. The number of aromatic nitrogens is 3. The Balaban J connectivity index is 1.59. The van der Waals surface area contributed by atoms with Crippen LogP contribution >= 0.6 is 0 Å². The van der Waals surface area contributed by atoms with Gasteiger partial charge in [-0.1, -0.05) is 30.3 Å². The summed E-state index contributed by atoms with van der Waals surface area (Å²) in [6, 6.07) is 16.8. The molecule has 2 aromatic carbocycles. The van der Waals surface area contributed by atoms with E-state index in [1.165, 1.54) is 0 Å². The maximum atomic E-state index is 12.3. The molecule has 0 saturated heterocycles. The highest BCUT2D eigenvalue weighted by Gasteiger charge is 2.12. The van der Waals surface area contributed by atoms with E-state index in [0.29, 0.717) is 12.4 Å². The summed E-state index contributed by atoms with van der Waals surface area (Å²) in [6.07, 6.45) is 0.385. The van der Waals surface area contributed by atoms with Gasteiger partial charge in [0.2, 0.25) is 5.91 Å². The molecule has 1 amide bonds. The van der Waals surface area contributed by atoms with E-state index in [1.54, 1.807) is 0 Å². The highest BCUT2D eigenvalue weighted by atomic mass is 16.5. The van der Waals surface area contributed by atoms with Gasteiger partial charge in [-0.05, 0) is 43.7 Å². The Hall–Kier alpha value is -3.48. The first-order valence-electron chi connectivity index (χ1n) is 9.60. The number of benzene rings is 2. The molecule has 0 aliphatic carbocycles. The van der Waals surface area contributed by atoms with Crippen molar-refractivity contribution >= 4 is 5.91 Å². The number of aromatic amines is 1. The quantitative estimate of drug-likeness (QED) is 0.614. The van der Waals surface area contributed by atoms with Crippen LogP contribution in [0.1, 0.15) is 37.6 Å². The Bertz CT molecular complexity index is 1000. The second-order valence-corrected chi connectivity index (χ2v) is 6.61. The minimum absolute atomic E-state index is 0.102. The number of nitrogens with one attached hydrogen (secondary N) is 2. The fraction of sp³-hybridized carbons (Fsp3) is 0.273. The molecule has 1 atom stereocenters. The molecule has 0 saturated carbocycles. The molecule has 0 unspecified atom stereocenters. The van der Waals surface area contributed by atoms with Gasteiger partial charge in [0.05, 0.1) is 12.6 Å². The van der Waals surface area contributed by atoms with E-state index in [4.69, 9.17) is 4.74 Å². The predicted molar refractivity (Wildman–Crippen MR) is 111 cm³/mol. The van der Waals surface area contributed by atoms with Gasteiger partial charge >= 0.3 is 0 Å². The van der Waals surface area contributed by atoms with E-state index in [1.807, 2.05) is 68.4 Å². The first-order chi connectivity index (χ1) is 14.1. The standard InChI is InChI=1S/C22H24N4O3/c1-3-29-18-11-9-17(10-12-18)21-24-22(28)19(25-26-21)13-14-20(27)23-15(2)16-7-5-4-6-8-16/h4-12,15H,3,13-14H2,1-2H3,(H,23,27)(H,24,26,28)/t15-/m1/s1. The molecule has 2 N–H and O–H groups in total. The van der Waals surface area contributed by atoms with Gasteiger partial charge in [-0.2, -0.15) is 0 Å². The summed E-state index contributed by atoms with van der Waals surface area (Å²) in [5, 5.41) is 11.0. The SMILES string of the molecule is CCOc1ccc(-c2nnc(CCC(=O)N[C@H](C)c3ccccc3)c(=O)[nH]2)cc1. The van der Waals surface area contributed by atoms with Crippen molar-refractivity contribution in [2.24, 2.45) is 0 Å². The van der Waals surface area contributed by atoms with Gasteiger partial charge in [0.25, 0.3) is 5.56 Å². The fourth-order valence-corrected chi connectivity index (χ4v) is 2.90. The summed E-state index contributed by atoms with van der Waals surface area (Å²) in [5.41, 5.74) is 1.66. The van der Waals surface area contributed by atoms with E-state index in [-0.39, 0.29) is 36.0 Å². The van der Waals surface area contributed by atoms with Gasteiger partial charge in [0.15, 0.2) is 5.82 Å². The number of nitrogens with zero attached hydrogens (tertiary/aromatic N) is 2. The number of H-pyrrole nitrogens is 1. The third kappa shape index (κ3) is 5.51. The number of hydrogen-bond acceptors (Lipinski definition) is 5. The Morgan fingerprint density at radius 3 is 2.48 bits per heavy atom. The molecular formula is C22H24N4O3. The molecule has 7 nitrogen and oxygen atoms in total. The third-order valence-electron chi connectivity index (χ3n) is 4.47. The zero-order valence-electron chi connectivity index (χ0n) is 16.5. The van der Waals surface area contributed by atoms with Crippen molar-refractivity contribution in [2.75, 3.05) is 6.61 Å². The monoisotopic (exact) mass is 392 g/mol. The summed E-state index contributed by atoms with van der Waals surface area (Å²) in [5.74, 6) is 0.987. The number of hydrogen-bond donors (Lipinski definition) is 2. The summed E-state index contributed by atoms with van der Waals surface area (Å²) in [6.45, 7) is 4.42. The lowest BCUT2D eigenvalue weighted by atomic mass is 10.1. The number of rotatable bonds is 8. The van der Waals surface area contributed by atoms with Gasteiger partial charge in [0, 0.05) is 18.4 Å². The lowest BCUT2D eigenvalue weighted by molar-refractivity contribution is -0.121. The average Bonchev–Trinajstić information content (AvgIpc) is 2.74. The van der Waals surface area contributed by atoms with Crippen molar-refractivity contribution in [3.63, 3.8) is 0 Å². The zero-order valence-corrected chi connectivity index (χ0v) is 16.5. The number of carbonyl (C=O) groups is 1. The van der Waals surface area contributed by atoms with Crippen molar-refractivity contribution < 1.29 is 9.53 Å². The summed E-state index contributed by atoms with van der Waals surface area (Å²) >= 11 is 0. The summed E-state index contributed by atoms with van der Waals surface area (Å²) < 4.78 is 5.40. The van der Waals surface area contributed by atoms with Crippen LogP contribution in [-0.2, 0) is 11.2 Å². The minimum atomic E-state index is -0.340. The molecule has 0 fully saturated rings. The van der Waals surface area contributed by atoms with Gasteiger partial charge < -0.3 is 15.0 Å². The Labute approximate surface area is 169 Å². The molecule has 1 aromatic heterocycles. The average molecular weight is 392 g/mol. The van der Waals surface area contributed by atoms with Crippen LogP contribution in [0.5, 0.6) is 5.75 Å².